The normalized spacial score (nSPS) is 13.6. The molecule has 1 heterocycles. The van der Waals surface area contributed by atoms with Crippen molar-refractivity contribution in [2.45, 2.75) is 19.4 Å². The fourth-order valence-corrected chi connectivity index (χ4v) is 1.40. The maximum atomic E-state index is 5.56. The molecule has 0 spiro atoms. The number of aromatic nitrogens is 1. The van der Waals surface area contributed by atoms with Crippen LogP contribution in [0.15, 0.2) is 11.7 Å². The molecule has 0 aliphatic carbocycles. The first-order valence-corrected chi connectivity index (χ1v) is 3.80. The molecule has 0 aliphatic heterocycles. The summed E-state index contributed by atoms with van der Waals surface area (Å²) in [7, 11) is 0. The van der Waals surface area contributed by atoms with Crippen LogP contribution in [0.3, 0.4) is 0 Å². The van der Waals surface area contributed by atoms with Gasteiger partial charge in [0.15, 0.2) is 0 Å². The zero-order valence-electron chi connectivity index (χ0n) is 5.37. The molecule has 0 bridgehead atoms. The quantitative estimate of drug-likeness (QED) is 0.670. The van der Waals surface area contributed by atoms with Crippen LogP contribution in [-0.4, -0.2) is 11.0 Å². The number of rotatable bonds is 2. The van der Waals surface area contributed by atoms with Crippen molar-refractivity contribution >= 4 is 11.3 Å². The third kappa shape index (κ3) is 2.11. The Morgan fingerprint density at radius 1 is 1.89 bits per heavy atom. The lowest BCUT2D eigenvalue weighted by Crippen LogP contribution is -2.16. The fraction of sp³-hybridized carbons (Fsp3) is 0.500. The molecule has 0 radical (unpaired) electrons. The van der Waals surface area contributed by atoms with Crippen LogP contribution in [0.1, 0.15) is 11.8 Å². The second kappa shape index (κ2) is 2.94. The average molecular weight is 142 g/mol. The number of nitrogens with two attached hydrogens (primary N) is 1. The number of hydrogen-bond acceptors (Lipinski definition) is 3. The van der Waals surface area contributed by atoms with Gasteiger partial charge in [0.1, 0.15) is 0 Å². The van der Waals surface area contributed by atoms with Gasteiger partial charge in [-0.15, -0.1) is 11.3 Å². The Balaban J connectivity index is 2.48. The Morgan fingerprint density at radius 2 is 2.67 bits per heavy atom. The van der Waals surface area contributed by atoms with E-state index in [9.17, 15) is 0 Å². The average Bonchev–Trinajstić information content (AvgIpc) is 2.15. The van der Waals surface area contributed by atoms with Crippen LogP contribution in [0.25, 0.3) is 0 Å². The molecule has 3 heteroatoms. The van der Waals surface area contributed by atoms with Crippen LogP contribution in [0.4, 0.5) is 0 Å². The van der Waals surface area contributed by atoms with Gasteiger partial charge < -0.3 is 5.73 Å². The van der Waals surface area contributed by atoms with E-state index in [1.54, 1.807) is 11.3 Å². The largest absolute Gasteiger partial charge is 0.328 e. The predicted octanol–water partition coefficient (Wildman–Crippen LogP) is 1.03. The Morgan fingerprint density at radius 3 is 3.11 bits per heavy atom. The first-order valence-electron chi connectivity index (χ1n) is 2.92. The number of hydrogen-bond donors (Lipinski definition) is 1. The topological polar surface area (TPSA) is 38.9 Å². The van der Waals surface area contributed by atoms with Crippen molar-refractivity contribution in [1.29, 1.82) is 0 Å². The summed E-state index contributed by atoms with van der Waals surface area (Å²) in [6.07, 6.45) is 2.82. The third-order valence-electron chi connectivity index (χ3n) is 1.01. The second-order valence-corrected chi connectivity index (χ2v) is 3.12. The molecule has 0 fully saturated rings. The molecule has 1 atom stereocenters. The lowest BCUT2D eigenvalue weighted by Gasteiger charge is -1.98. The molecule has 50 valence electrons. The molecule has 0 aromatic carbocycles. The maximum absolute atomic E-state index is 5.56. The van der Waals surface area contributed by atoms with E-state index in [1.165, 1.54) is 4.88 Å². The summed E-state index contributed by atoms with van der Waals surface area (Å²) in [4.78, 5) is 5.21. The van der Waals surface area contributed by atoms with Crippen molar-refractivity contribution in [2.24, 2.45) is 5.73 Å². The van der Waals surface area contributed by atoms with Gasteiger partial charge in [0.25, 0.3) is 0 Å². The van der Waals surface area contributed by atoms with E-state index < -0.39 is 0 Å². The highest BCUT2D eigenvalue weighted by Crippen LogP contribution is 2.06. The van der Waals surface area contributed by atoms with Gasteiger partial charge in [-0.1, -0.05) is 0 Å². The number of nitrogens with zero attached hydrogens (tertiary/aromatic N) is 1. The van der Waals surface area contributed by atoms with Crippen molar-refractivity contribution in [3.05, 3.63) is 16.6 Å². The van der Waals surface area contributed by atoms with E-state index in [1.807, 2.05) is 18.6 Å². The molecule has 2 N–H and O–H groups in total. The maximum Gasteiger partial charge on any atom is 0.0794 e. The fourth-order valence-electron chi connectivity index (χ4n) is 0.660. The van der Waals surface area contributed by atoms with E-state index in [-0.39, 0.29) is 6.04 Å². The Bertz CT molecular complexity index is 158. The first-order chi connectivity index (χ1) is 4.29. The van der Waals surface area contributed by atoms with Crippen LogP contribution in [0.5, 0.6) is 0 Å². The van der Waals surface area contributed by atoms with Gasteiger partial charge in [-0.2, -0.15) is 0 Å². The van der Waals surface area contributed by atoms with Gasteiger partial charge in [0, 0.05) is 17.1 Å². The lowest BCUT2D eigenvalue weighted by molar-refractivity contribution is 0.745. The predicted molar refractivity (Wildman–Crippen MR) is 39.5 cm³/mol. The second-order valence-electron chi connectivity index (χ2n) is 2.15. The summed E-state index contributed by atoms with van der Waals surface area (Å²) in [5, 5.41) is 0. The van der Waals surface area contributed by atoms with Gasteiger partial charge in [0.2, 0.25) is 0 Å². The highest BCUT2D eigenvalue weighted by atomic mass is 32.1. The van der Waals surface area contributed by atoms with Crippen molar-refractivity contribution in [1.82, 2.24) is 4.98 Å². The summed E-state index contributed by atoms with van der Waals surface area (Å²) in [5.41, 5.74) is 7.39. The molecule has 0 saturated carbocycles. The monoisotopic (exact) mass is 142 g/mol. The minimum atomic E-state index is 0.255. The molecule has 0 amide bonds. The zero-order chi connectivity index (χ0) is 6.69. The summed E-state index contributed by atoms with van der Waals surface area (Å²) in [5.74, 6) is 0. The Labute approximate surface area is 58.7 Å². The Kier molecular flexibility index (Phi) is 2.19. The molecule has 2 nitrogen and oxygen atoms in total. The van der Waals surface area contributed by atoms with E-state index >= 15 is 0 Å². The highest BCUT2D eigenvalue weighted by molar-refractivity contribution is 7.09. The van der Waals surface area contributed by atoms with Crippen LogP contribution < -0.4 is 5.73 Å². The van der Waals surface area contributed by atoms with Crippen LogP contribution in [0, 0.1) is 0 Å². The standard InChI is InChI=1S/C6H10N2S/c1-5(7)2-6-3-8-4-9-6/h3-5H,2,7H2,1H3. The SMILES string of the molecule is CC(N)Cc1cncs1. The van der Waals surface area contributed by atoms with Crippen molar-refractivity contribution < 1.29 is 0 Å². The zero-order valence-corrected chi connectivity index (χ0v) is 6.19. The molecule has 1 unspecified atom stereocenters. The molecular weight excluding hydrogens is 132 g/mol. The molecule has 1 rings (SSSR count). The van der Waals surface area contributed by atoms with Gasteiger partial charge >= 0.3 is 0 Å². The highest BCUT2D eigenvalue weighted by Gasteiger charge is 1.96. The van der Waals surface area contributed by atoms with Crippen LogP contribution >= 0.6 is 11.3 Å². The number of thiazole rings is 1. The third-order valence-corrected chi connectivity index (χ3v) is 1.81. The lowest BCUT2D eigenvalue weighted by atomic mass is 10.2. The van der Waals surface area contributed by atoms with Crippen LogP contribution in [-0.2, 0) is 6.42 Å². The molecule has 1 aromatic rings. The van der Waals surface area contributed by atoms with E-state index in [4.69, 9.17) is 5.73 Å². The summed E-state index contributed by atoms with van der Waals surface area (Å²) in [6.45, 7) is 2.00. The summed E-state index contributed by atoms with van der Waals surface area (Å²) < 4.78 is 0. The Hall–Kier alpha value is -0.410. The van der Waals surface area contributed by atoms with E-state index in [0.29, 0.717) is 0 Å². The molecule has 0 saturated heterocycles. The molecular formula is C6H10N2S. The molecule has 1 aromatic heterocycles. The first kappa shape index (κ1) is 6.71. The van der Waals surface area contributed by atoms with Crippen molar-refractivity contribution in [3.63, 3.8) is 0 Å². The summed E-state index contributed by atoms with van der Waals surface area (Å²) >= 11 is 1.66. The minimum absolute atomic E-state index is 0.255. The van der Waals surface area contributed by atoms with Gasteiger partial charge in [-0.3, -0.25) is 4.98 Å². The van der Waals surface area contributed by atoms with Crippen molar-refractivity contribution in [2.75, 3.05) is 0 Å². The minimum Gasteiger partial charge on any atom is -0.328 e. The van der Waals surface area contributed by atoms with Gasteiger partial charge in [-0.25, -0.2) is 0 Å². The van der Waals surface area contributed by atoms with Crippen molar-refractivity contribution in [3.8, 4) is 0 Å². The molecule has 0 aliphatic rings. The molecule has 9 heavy (non-hydrogen) atoms. The van der Waals surface area contributed by atoms with E-state index in [2.05, 4.69) is 4.98 Å². The van der Waals surface area contributed by atoms with Crippen LogP contribution in [0.2, 0.25) is 0 Å². The van der Waals surface area contributed by atoms with Gasteiger partial charge in [0.05, 0.1) is 5.51 Å². The van der Waals surface area contributed by atoms with Gasteiger partial charge in [-0.05, 0) is 13.3 Å². The smallest absolute Gasteiger partial charge is 0.0794 e. The van der Waals surface area contributed by atoms with E-state index in [0.717, 1.165) is 6.42 Å². The summed E-state index contributed by atoms with van der Waals surface area (Å²) in [6, 6.07) is 0.255.